The first-order chi connectivity index (χ1) is 7.93. The fourth-order valence-corrected chi connectivity index (χ4v) is 2.11. The van der Waals surface area contributed by atoms with Crippen LogP contribution >= 0.6 is 11.6 Å². The minimum absolute atomic E-state index is 0.159. The molecule has 4 heteroatoms. The highest BCUT2D eigenvalue weighted by molar-refractivity contribution is 6.32. The Morgan fingerprint density at radius 1 is 1.41 bits per heavy atom. The Morgan fingerprint density at radius 3 is 2.47 bits per heavy atom. The molecule has 0 amide bonds. The normalized spacial score (nSPS) is 14.5. The highest BCUT2D eigenvalue weighted by Gasteiger charge is 2.22. The van der Waals surface area contributed by atoms with Crippen LogP contribution in [0.2, 0.25) is 5.02 Å². The summed E-state index contributed by atoms with van der Waals surface area (Å²) in [5, 5.41) is 0.750. The van der Waals surface area contributed by atoms with Gasteiger partial charge in [-0.2, -0.15) is 0 Å². The van der Waals surface area contributed by atoms with Crippen LogP contribution in [0.3, 0.4) is 0 Å². The maximum Gasteiger partial charge on any atom is 0.124 e. The van der Waals surface area contributed by atoms with E-state index in [0.717, 1.165) is 27.5 Å². The molecule has 2 atom stereocenters. The Balaban J connectivity index is 3.35. The van der Waals surface area contributed by atoms with Crippen LogP contribution in [0.1, 0.15) is 29.7 Å². The lowest BCUT2D eigenvalue weighted by Crippen LogP contribution is -2.26. The van der Waals surface area contributed by atoms with E-state index < -0.39 is 0 Å². The molecule has 1 aromatic carbocycles. The second kappa shape index (κ2) is 5.71. The van der Waals surface area contributed by atoms with Crippen molar-refractivity contribution >= 4 is 11.6 Å². The summed E-state index contributed by atoms with van der Waals surface area (Å²) >= 11 is 6.26. The van der Waals surface area contributed by atoms with Crippen LogP contribution in [0.4, 0.5) is 0 Å². The lowest BCUT2D eigenvalue weighted by Gasteiger charge is -2.24. The monoisotopic (exact) mass is 256 g/mol. The van der Waals surface area contributed by atoms with Gasteiger partial charge in [0.15, 0.2) is 0 Å². The first-order valence-electron chi connectivity index (χ1n) is 5.73. The number of nitrogens with two attached hydrogens (primary N) is 2. The van der Waals surface area contributed by atoms with Gasteiger partial charge in [-0.25, -0.2) is 0 Å². The van der Waals surface area contributed by atoms with Gasteiger partial charge in [0.2, 0.25) is 0 Å². The molecule has 4 N–H and O–H groups in total. The molecule has 0 aliphatic heterocycles. The Hall–Kier alpha value is -0.770. The molecule has 0 saturated carbocycles. The van der Waals surface area contributed by atoms with Crippen LogP contribution in [0.15, 0.2) is 6.07 Å². The average molecular weight is 257 g/mol. The molecule has 96 valence electrons. The summed E-state index contributed by atoms with van der Waals surface area (Å²) in [4.78, 5) is 0. The fourth-order valence-electron chi connectivity index (χ4n) is 1.95. The van der Waals surface area contributed by atoms with Crippen molar-refractivity contribution in [3.8, 4) is 5.75 Å². The third-order valence-electron chi connectivity index (χ3n) is 3.23. The zero-order valence-electron chi connectivity index (χ0n) is 10.9. The van der Waals surface area contributed by atoms with Gasteiger partial charge in [-0.15, -0.1) is 0 Å². The minimum atomic E-state index is -0.159. The molecule has 0 aliphatic rings. The standard InChI is InChI=1S/C13H21ClN2O/c1-7-5-10(17-4)11(9(3)12(7)14)13(16)8(2)6-15/h5,8,13H,6,15-16H2,1-4H3. The molecule has 0 bridgehead atoms. The molecule has 0 heterocycles. The number of hydrogen-bond acceptors (Lipinski definition) is 3. The van der Waals surface area contributed by atoms with Crippen molar-refractivity contribution in [1.29, 1.82) is 0 Å². The number of rotatable bonds is 4. The number of methoxy groups -OCH3 is 1. The van der Waals surface area contributed by atoms with Crippen molar-refractivity contribution in [2.45, 2.75) is 26.8 Å². The van der Waals surface area contributed by atoms with Gasteiger partial charge in [-0.3, -0.25) is 0 Å². The van der Waals surface area contributed by atoms with E-state index in [9.17, 15) is 0 Å². The second-order valence-electron chi connectivity index (χ2n) is 4.49. The molecular weight excluding hydrogens is 236 g/mol. The third kappa shape index (κ3) is 2.73. The first kappa shape index (κ1) is 14.3. The van der Waals surface area contributed by atoms with Crippen molar-refractivity contribution in [2.24, 2.45) is 17.4 Å². The zero-order valence-corrected chi connectivity index (χ0v) is 11.6. The molecule has 2 unspecified atom stereocenters. The van der Waals surface area contributed by atoms with Crippen molar-refractivity contribution in [2.75, 3.05) is 13.7 Å². The average Bonchev–Trinajstić information content (AvgIpc) is 2.33. The van der Waals surface area contributed by atoms with Gasteiger partial charge in [-0.05, 0) is 43.5 Å². The van der Waals surface area contributed by atoms with E-state index in [1.807, 2.05) is 26.8 Å². The van der Waals surface area contributed by atoms with Gasteiger partial charge < -0.3 is 16.2 Å². The number of ether oxygens (including phenoxy) is 1. The predicted molar refractivity (Wildman–Crippen MR) is 72.6 cm³/mol. The molecule has 0 saturated heterocycles. The third-order valence-corrected chi connectivity index (χ3v) is 3.81. The Morgan fingerprint density at radius 2 is 2.00 bits per heavy atom. The molecule has 1 aromatic rings. The molecular formula is C13H21ClN2O. The molecule has 0 aliphatic carbocycles. The highest BCUT2D eigenvalue weighted by Crippen LogP contribution is 2.36. The summed E-state index contributed by atoms with van der Waals surface area (Å²) in [6.45, 7) is 6.49. The lowest BCUT2D eigenvalue weighted by atomic mass is 9.90. The molecule has 1 rings (SSSR count). The van der Waals surface area contributed by atoms with Crippen LogP contribution in [0.5, 0.6) is 5.75 Å². The molecule has 0 aromatic heterocycles. The van der Waals surface area contributed by atoms with E-state index >= 15 is 0 Å². The lowest BCUT2D eigenvalue weighted by molar-refractivity contribution is 0.391. The summed E-state index contributed by atoms with van der Waals surface area (Å²) in [5.41, 5.74) is 14.8. The molecule has 0 radical (unpaired) electrons. The molecule has 17 heavy (non-hydrogen) atoms. The highest BCUT2D eigenvalue weighted by atomic mass is 35.5. The second-order valence-corrected chi connectivity index (χ2v) is 4.87. The van der Waals surface area contributed by atoms with Crippen LogP contribution < -0.4 is 16.2 Å². The molecule has 0 fully saturated rings. The molecule has 0 spiro atoms. The van der Waals surface area contributed by atoms with Gasteiger partial charge in [0, 0.05) is 16.6 Å². The van der Waals surface area contributed by atoms with E-state index in [4.69, 9.17) is 27.8 Å². The Kier molecular flexibility index (Phi) is 4.80. The smallest absolute Gasteiger partial charge is 0.124 e. The van der Waals surface area contributed by atoms with Crippen LogP contribution in [-0.4, -0.2) is 13.7 Å². The Bertz CT molecular complexity index is 407. The number of aryl methyl sites for hydroxylation is 1. The summed E-state index contributed by atoms with van der Waals surface area (Å²) in [7, 11) is 1.64. The van der Waals surface area contributed by atoms with E-state index in [2.05, 4.69) is 0 Å². The van der Waals surface area contributed by atoms with Gasteiger partial charge in [0.25, 0.3) is 0 Å². The van der Waals surface area contributed by atoms with Crippen LogP contribution in [0, 0.1) is 19.8 Å². The number of halogens is 1. The van der Waals surface area contributed by atoms with Crippen molar-refractivity contribution < 1.29 is 4.74 Å². The van der Waals surface area contributed by atoms with E-state index in [1.54, 1.807) is 7.11 Å². The fraction of sp³-hybridized carbons (Fsp3) is 0.538. The van der Waals surface area contributed by atoms with Gasteiger partial charge in [-0.1, -0.05) is 18.5 Å². The van der Waals surface area contributed by atoms with Crippen LogP contribution in [0.25, 0.3) is 0 Å². The maximum absolute atomic E-state index is 6.26. The summed E-state index contributed by atoms with van der Waals surface area (Å²) in [6, 6.07) is 1.77. The van der Waals surface area contributed by atoms with Crippen LogP contribution in [-0.2, 0) is 0 Å². The minimum Gasteiger partial charge on any atom is -0.496 e. The predicted octanol–water partition coefficient (Wildman–Crippen LogP) is 2.56. The maximum atomic E-state index is 6.26. The van der Waals surface area contributed by atoms with E-state index in [0.29, 0.717) is 6.54 Å². The summed E-state index contributed by atoms with van der Waals surface area (Å²) in [6.07, 6.45) is 0. The van der Waals surface area contributed by atoms with E-state index in [-0.39, 0.29) is 12.0 Å². The topological polar surface area (TPSA) is 61.3 Å². The van der Waals surface area contributed by atoms with Gasteiger partial charge in [0.1, 0.15) is 5.75 Å². The SMILES string of the molecule is COc1cc(C)c(Cl)c(C)c1C(N)C(C)CN. The van der Waals surface area contributed by atoms with Crippen molar-refractivity contribution in [3.05, 3.63) is 27.8 Å². The van der Waals surface area contributed by atoms with Crippen molar-refractivity contribution in [3.63, 3.8) is 0 Å². The first-order valence-corrected chi connectivity index (χ1v) is 6.11. The summed E-state index contributed by atoms with van der Waals surface area (Å²) < 4.78 is 5.40. The van der Waals surface area contributed by atoms with Gasteiger partial charge >= 0.3 is 0 Å². The number of hydrogen-bond donors (Lipinski definition) is 2. The molecule has 3 nitrogen and oxygen atoms in total. The van der Waals surface area contributed by atoms with E-state index in [1.165, 1.54) is 0 Å². The van der Waals surface area contributed by atoms with Crippen molar-refractivity contribution in [1.82, 2.24) is 0 Å². The van der Waals surface area contributed by atoms with Gasteiger partial charge in [0.05, 0.1) is 7.11 Å². The summed E-state index contributed by atoms with van der Waals surface area (Å²) in [5.74, 6) is 0.971. The number of benzene rings is 1. The quantitative estimate of drug-likeness (QED) is 0.870. The Labute approximate surface area is 108 Å². The zero-order chi connectivity index (χ0) is 13.2. The largest absolute Gasteiger partial charge is 0.496 e.